The van der Waals surface area contributed by atoms with Gasteiger partial charge in [-0.05, 0) is 30.3 Å². The first-order chi connectivity index (χ1) is 16.7. The van der Waals surface area contributed by atoms with Crippen molar-refractivity contribution in [2.24, 2.45) is 0 Å². The first-order valence-corrected chi connectivity index (χ1v) is 9.82. The van der Waals surface area contributed by atoms with Gasteiger partial charge in [-0.25, -0.2) is 23.1 Å². The van der Waals surface area contributed by atoms with E-state index >= 15 is 0 Å². The largest absolute Gasteiger partial charge is 0.573 e. The standard InChI is InChI=1S/C22H11F6N5O2/c23-14-3-1-2-13(20(14)25)21-30-17-8-29-33(10-18(17)31-21)9-12-7-16(32-35-12)11-4-5-19(15(24)6-11)34-22(26,27)28/h1-8,10H,9H2. The van der Waals surface area contributed by atoms with Crippen molar-refractivity contribution in [3.05, 3.63) is 78.1 Å². The van der Waals surface area contributed by atoms with Crippen LogP contribution in [-0.4, -0.2) is 31.3 Å². The van der Waals surface area contributed by atoms with Gasteiger partial charge in [0.25, 0.3) is 0 Å². The fourth-order valence-electron chi connectivity index (χ4n) is 3.30. The second-order valence-corrected chi connectivity index (χ2v) is 7.26. The van der Waals surface area contributed by atoms with E-state index < -0.39 is 29.6 Å². The minimum absolute atomic E-state index is 0.00141. The predicted molar refractivity (Wildman–Crippen MR) is 107 cm³/mol. The molecule has 35 heavy (non-hydrogen) atoms. The van der Waals surface area contributed by atoms with E-state index in [1.807, 2.05) is 0 Å². The fourth-order valence-corrected chi connectivity index (χ4v) is 3.30. The van der Waals surface area contributed by atoms with E-state index in [9.17, 15) is 26.3 Å². The molecular formula is C22H11F6N5O2. The van der Waals surface area contributed by atoms with E-state index in [1.54, 1.807) is 0 Å². The Labute approximate surface area is 191 Å². The first kappa shape index (κ1) is 22.4. The predicted octanol–water partition coefficient (Wildman–Crippen LogP) is 5.46. The maximum Gasteiger partial charge on any atom is 0.573 e. The molecule has 0 bridgehead atoms. The van der Waals surface area contributed by atoms with Crippen LogP contribution in [0.5, 0.6) is 5.75 Å². The van der Waals surface area contributed by atoms with Gasteiger partial charge in [0.2, 0.25) is 0 Å². The van der Waals surface area contributed by atoms with Crippen LogP contribution < -0.4 is 4.74 Å². The Bertz CT molecular complexity index is 1500. The molecule has 1 aromatic heterocycles. The molecule has 0 atom stereocenters. The van der Waals surface area contributed by atoms with Gasteiger partial charge in [0.15, 0.2) is 34.8 Å². The third kappa shape index (κ3) is 4.65. The van der Waals surface area contributed by atoms with Gasteiger partial charge in [0, 0.05) is 11.6 Å². The number of alkyl halides is 3. The van der Waals surface area contributed by atoms with E-state index in [4.69, 9.17) is 4.52 Å². The van der Waals surface area contributed by atoms with Crippen LogP contribution in [0.3, 0.4) is 0 Å². The average molecular weight is 491 g/mol. The average Bonchev–Trinajstić information content (AvgIpc) is 3.43. The van der Waals surface area contributed by atoms with Gasteiger partial charge < -0.3 is 9.26 Å². The molecular weight excluding hydrogens is 480 g/mol. The fraction of sp³-hybridized carbons (Fsp3) is 0.0909. The molecule has 0 amide bonds. The summed E-state index contributed by atoms with van der Waals surface area (Å²) < 4.78 is 88.8. The molecule has 0 N–H and O–H groups in total. The topological polar surface area (TPSA) is 78.9 Å². The Morgan fingerprint density at radius 3 is 2.49 bits per heavy atom. The summed E-state index contributed by atoms with van der Waals surface area (Å²) >= 11 is 0. The summed E-state index contributed by atoms with van der Waals surface area (Å²) in [6.07, 6.45) is -2.13. The van der Waals surface area contributed by atoms with Crippen LogP contribution in [0.25, 0.3) is 34.0 Å². The quantitative estimate of drug-likeness (QED) is 0.304. The smallest absolute Gasteiger partial charge is 0.403 e. The van der Waals surface area contributed by atoms with Gasteiger partial charge in [0.1, 0.15) is 23.6 Å². The molecule has 0 saturated carbocycles. The van der Waals surface area contributed by atoms with Crippen molar-refractivity contribution in [3.8, 4) is 39.8 Å². The van der Waals surface area contributed by atoms with Gasteiger partial charge in [-0.3, -0.25) is 4.68 Å². The van der Waals surface area contributed by atoms with Crippen LogP contribution in [0.2, 0.25) is 0 Å². The molecule has 3 aromatic rings. The van der Waals surface area contributed by atoms with Gasteiger partial charge in [-0.2, -0.15) is 5.10 Å². The normalized spacial score (nSPS) is 11.8. The van der Waals surface area contributed by atoms with E-state index in [1.165, 1.54) is 41.3 Å². The number of hydrogen-bond donors (Lipinski definition) is 0. The van der Waals surface area contributed by atoms with Gasteiger partial charge in [-0.15, -0.1) is 13.2 Å². The van der Waals surface area contributed by atoms with E-state index in [2.05, 4.69) is 25.0 Å². The Morgan fingerprint density at radius 2 is 1.71 bits per heavy atom. The number of fused-ring (bicyclic) bond motifs is 1. The number of aromatic nitrogens is 5. The zero-order chi connectivity index (χ0) is 24.7. The van der Waals surface area contributed by atoms with Gasteiger partial charge in [-0.1, -0.05) is 11.2 Å². The first-order valence-electron chi connectivity index (χ1n) is 9.82. The Balaban J connectivity index is 1.36. The molecule has 0 spiro atoms. The van der Waals surface area contributed by atoms with Crippen molar-refractivity contribution in [3.63, 3.8) is 0 Å². The SMILES string of the molecule is Fc1cc(-c2cc(Cn3cc4nc(-c5cccc(F)c5F)nc-4cn3)on2)ccc1OC(F)(F)F. The lowest BCUT2D eigenvalue weighted by atomic mass is 10.1. The highest BCUT2D eigenvalue weighted by Gasteiger charge is 2.32. The lowest BCUT2D eigenvalue weighted by Gasteiger charge is -2.09. The number of benzene rings is 2. The molecule has 7 nitrogen and oxygen atoms in total. The van der Waals surface area contributed by atoms with Gasteiger partial charge in [0.05, 0.1) is 18.0 Å². The van der Waals surface area contributed by atoms with Crippen LogP contribution in [0.4, 0.5) is 26.3 Å². The summed E-state index contributed by atoms with van der Waals surface area (Å²) in [4.78, 5) is 8.39. The minimum atomic E-state index is -5.02. The molecule has 2 aliphatic rings. The highest BCUT2D eigenvalue weighted by Crippen LogP contribution is 2.30. The maximum absolute atomic E-state index is 14.1. The van der Waals surface area contributed by atoms with Crippen LogP contribution in [-0.2, 0) is 6.54 Å². The molecule has 0 saturated heterocycles. The Hall–Kier alpha value is -4.42. The summed E-state index contributed by atoms with van der Waals surface area (Å²) in [6.45, 7) is 0.0667. The summed E-state index contributed by atoms with van der Waals surface area (Å²) in [6, 6.07) is 8.03. The number of imidazole rings is 1. The molecule has 178 valence electrons. The van der Waals surface area contributed by atoms with Crippen molar-refractivity contribution in [2.75, 3.05) is 0 Å². The molecule has 0 aliphatic carbocycles. The zero-order valence-electron chi connectivity index (χ0n) is 17.2. The minimum Gasteiger partial charge on any atom is -0.403 e. The Morgan fingerprint density at radius 1 is 0.914 bits per heavy atom. The van der Waals surface area contributed by atoms with E-state index in [-0.39, 0.29) is 29.2 Å². The number of nitrogens with zero attached hydrogens (tertiary/aromatic N) is 5. The molecule has 0 radical (unpaired) electrons. The monoisotopic (exact) mass is 491 g/mol. The van der Waals surface area contributed by atoms with E-state index in [0.717, 1.165) is 18.2 Å². The van der Waals surface area contributed by atoms with Crippen molar-refractivity contribution in [1.29, 1.82) is 0 Å². The summed E-state index contributed by atoms with van der Waals surface area (Å²) in [7, 11) is 0. The van der Waals surface area contributed by atoms with Crippen molar-refractivity contribution in [1.82, 2.24) is 24.9 Å². The van der Waals surface area contributed by atoms with Crippen LogP contribution >= 0.6 is 0 Å². The van der Waals surface area contributed by atoms with Crippen LogP contribution in [0.15, 0.2) is 59.4 Å². The Kier molecular flexibility index (Phi) is 5.38. The lowest BCUT2D eigenvalue weighted by Crippen LogP contribution is -2.17. The molecule has 0 unspecified atom stereocenters. The second-order valence-electron chi connectivity index (χ2n) is 7.26. The molecule has 5 rings (SSSR count). The molecule has 2 aromatic carbocycles. The molecule has 0 fully saturated rings. The van der Waals surface area contributed by atoms with E-state index in [0.29, 0.717) is 17.1 Å². The molecule has 13 heteroatoms. The maximum atomic E-state index is 14.1. The number of halogens is 6. The third-order valence-corrected chi connectivity index (χ3v) is 4.84. The number of hydrogen-bond acceptors (Lipinski definition) is 6. The third-order valence-electron chi connectivity index (χ3n) is 4.84. The number of ether oxygens (including phenoxy) is 1. The lowest BCUT2D eigenvalue weighted by molar-refractivity contribution is -0.275. The second kappa shape index (κ2) is 8.42. The summed E-state index contributed by atoms with van der Waals surface area (Å²) in [5, 5.41) is 7.97. The van der Waals surface area contributed by atoms with Crippen molar-refractivity contribution >= 4 is 0 Å². The van der Waals surface area contributed by atoms with Crippen LogP contribution in [0, 0.1) is 17.5 Å². The summed E-state index contributed by atoms with van der Waals surface area (Å²) in [5.41, 5.74) is 0.974. The van der Waals surface area contributed by atoms with Gasteiger partial charge >= 0.3 is 6.36 Å². The highest BCUT2D eigenvalue weighted by atomic mass is 19.4. The van der Waals surface area contributed by atoms with Crippen molar-refractivity contribution in [2.45, 2.75) is 12.9 Å². The molecule has 2 aliphatic heterocycles. The van der Waals surface area contributed by atoms with Crippen LogP contribution in [0.1, 0.15) is 5.76 Å². The van der Waals surface area contributed by atoms with Crippen molar-refractivity contribution < 1.29 is 35.6 Å². The zero-order valence-corrected chi connectivity index (χ0v) is 17.2. The number of rotatable bonds is 5. The summed E-state index contributed by atoms with van der Waals surface area (Å²) in [5.74, 6) is -3.97. The molecule has 3 heterocycles. The highest BCUT2D eigenvalue weighted by molar-refractivity contribution is 5.65.